The third-order valence-corrected chi connectivity index (χ3v) is 5.40. The van der Waals surface area contributed by atoms with Crippen molar-refractivity contribution < 1.29 is 13.2 Å². The molecule has 0 saturated carbocycles. The van der Waals surface area contributed by atoms with Crippen LogP contribution in [0.1, 0.15) is 11.1 Å². The molecule has 6 nitrogen and oxygen atoms in total. The van der Waals surface area contributed by atoms with Gasteiger partial charge in [-0.3, -0.25) is 4.79 Å². The van der Waals surface area contributed by atoms with Gasteiger partial charge in [0.05, 0.1) is 12.9 Å². The van der Waals surface area contributed by atoms with Gasteiger partial charge in [0.2, 0.25) is 10.0 Å². The number of ether oxygens (including phenoxy) is 1. The van der Waals surface area contributed by atoms with Crippen molar-refractivity contribution in [1.29, 1.82) is 0 Å². The Morgan fingerprint density at radius 2 is 1.85 bits per heavy atom. The molecule has 0 aliphatic heterocycles. The van der Waals surface area contributed by atoms with Gasteiger partial charge < -0.3 is 9.72 Å². The monoisotopic (exact) mass is 372 g/mol. The third-order valence-electron chi connectivity index (χ3n) is 4.04. The molecule has 0 radical (unpaired) electrons. The van der Waals surface area contributed by atoms with Crippen molar-refractivity contribution in [2.45, 2.75) is 12.2 Å². The minimum absolute atomic E-state index is 0.0842. The average Bonchev–Trinajstić information content (AvgIpc) is 2.62. The maximum Gasteiger partial charge on any atom is 0.251 e. The first-order chi connectivity index (χ1) is 12.5. The normalized spacial score (nSPS) is 11.6. The Kier molecular flexibility index (Phi) is 5.39. The van der Waals surface area contributed by atoms with Crippen molar-refractivity contribution in [1.82, 2.24) is 9.71 Å². The maximum absolute atomic E-state index is 12.2. The zero-order valence-electron chi connectivity index (χ0n) is 14.4. The molecule has 0 saturated heterocycles. The highest BCUT2D eigenvalue weighted by Gasteiger charge is 2.11. The molecule has 1 aromatic heterocycles. The van der Waals surface area contributed by atoms with Crippen LogP contribution in [0.4, 0.5) is 0 Å². The Morgan fingerprint density at radius 3 is 2.58 bits per heavy atom. The van der Waals surface area contributed by atoms with E-state index in [9.17, 15) is 13.2 Å². The van der Waals surface area contributed by atoms with E-state index in [0.29, 0.717) is 23.3 Å². The van der Waals surface area contributed by atoms with Gasteiger partial charge >= 0.3 is 0 Å². The smallest absolute Gasteiger partial charge is 0.251 e. The van der Waals surface area contributed by atoms with Crippen molar-refractivity contribution >= 4 is 20.9 Å². The van der Waals surface area contributed by atoms with Crippen LogP contribution in [0, 0.1) is 0 Å². The Morgan fingerprint density at radius 1 is 1.08 bits per heavy atom. The van der Waals surface area contributed by atoms with Crippen LogP contribution in [-0.4, -0.2) is 27.1 Å². The summed E-state index contributed by atoms with van der Waals surface area (Å²) < 4.78 is 32.1. The molecular weight excluding hydrogens is 352 g/mol. The summed E-state index contributed by atoms with van der Waals surface area (Å²) in [5, 5.41) is 0.839. The first-order valence-corrected chi connectivity index (χ1v) is 9.83. The molecule has 0 unspecified atom stereocenters. The SMILES string of the molecule is COc1ccc2[nH]c(=O)c(CCNS(=O)(=O)Cc3ccccc3)cc2c1. The van der Waals surface area contributed by atoms with E-state index in [1.54, 1.807) is 49.6 Å². The standard InChI is InChI=1S/C19H20N2O4S/c1-25-17-7-8-18-16(12-17)11-15(19(22)21-18)9-10-20-26(23,24)13-14-5-3-2-4-6-14/h2-8,11-12,20H,9-10,13H2,1H3,(H,21,22). The molecule has 0 amide bonds. The van der Waals surface area contributed by atoms with Gasteiger partial charge in [0.15, 0.2) is 0 Å². The first-order valence-electron chi connectivity index (χ1n) is 8.18. The Balaban J connectivity index is 1.69. The summed E-state index contributed by atoms with van der Waals surface area (Å²) >= 11 is 0. The second kappa shape index (κ2) is 7.72. The van der Waals surface area contributed by atoms with Crippen LogP contribution in [0.3, 0.4) is 0 Å². The molecular formula is C19H20N2O4S. The zero-order valence-corrected chi connectivity index (χ0v) is 15.2. The molecule has 0 fully saturated rings. The van der Waals surface area contributed by atoms with E-state index >= 15 is 0 Å². The number of fused-ring (bicyclic) bond motifs is 1. The fourth-order valence-electron chi connectivity index (χ4n) is 2.73. The molecule has 0 spiro atoms. The highest BCUT2D eigenvalue weighted by Crippen LogP contribution is 2.18. The minimum Gasteiger partial charge on any atom is -0.497 e. The lowest BCUT2D eigenvalue weighted by Gasteiger charge is -2.08. The van der Waals surface area contributed by atoms with Crippen molar-refractivity contribution in [3.8, 4) is 5.75 Å². The summed E-state index contributed by atoms with van der Waals surface area (Å²) in [6, 6.07) is 16.1. The number of sulfonamides is 1. The second-order valence-corrected chi connectivity index (χ2v) is 7.77. The quantitative estimate of drug-likeness (QED) is 0.665. The Labute approximate surface area is 151 Å². The van der Waals surface area contributed by atoms with Crippen molar-refractivity contribution in [2.24, 2.45) is 0 Å². The predicted molar refractivity (Wildman–Crippen MR) is 102 cm³/mol. The van der Waals surface area contributed by atoms with E-state index in [2.05, 4.69) is 9.71 Å². The highest BCUT2D eigenvalue weighted by molar-refractivity contribution is 7.88. The molecule has 0 aliphatic carbocycles. The molecule has 0 bridgehead atoms. The number of benzene rings is 2. The minimum atomic E-state index is -3.45. The Hall–Kier alpha value is -2.64. The maximum atomic E-state index is 12.2. The summed E-state index contributed by atoms with van der Waals surface area (Å²) in [5.41, 5.74) is 1.73. The fourth-order valence-corrected chi connectivity index (χ4v) is 3.87. The number of H-pyrrole nitrogens is 1. The number of methoxy groups -OCH3 is 1. The van der Waals surface area contributed by atoms with Crippen LogP contribution < -0.4 is 15.0 Å². The van der Waals surface area contributed by atoms with Gasteiger partial charge in [-0.05, 0) is 36.2 Å². The van der Waals surface area contributed by atoms with Gasteiger partial charge in [0.25, 0.3) is 5.56 Å². The van der Waals surface area contributed by atoms with Gasteiger partial charge in [-0.15, -0.1) is 0 Å². The molecule has 2 N–H and O–H groups in total. The van der Waals surface area contributed by atoms with E-state index in [1.165, 1.54) is 0 Å². The molecule has 3 rings (SSSR count). The first kappa shape index (κ1) is 18.2. The van der Waals surface area contributed by atoms with Crippen LogP contribution in [0.5, 0.6) is 5.75 Å². The summed E-state index contributed by atoms with van der Waals surface area (Å²) in [5.74, 6) is 0.609. The number of rotatable bonds is 7. The van der Waals surface area contributed by atoms with Crippen molar-refractivity contribution in [2.75, 3.05) is 13.7 Å². The average molecular weight is 372 g/mol. The van der Waals surface area contributed by atoms with Gasteiger partial charge in [-0.1, -0.05) is 30.3 Å². The number of aromatic nitrogens is 1. The number of aromatic amines is 1. The largest absolute Gasteiger partial charge is 0.497 e. The fraction of sp³-hybridized carbons (Fsp3) is 0.211. The number of pyridine rings is 1. The predicted octanol–water partition coefficient (Wildman–Crippen LogP) is 2.20. The second-order valence-electron chi connectivity index (χ2n) is 5.97. The number of hydrogen-bond acceptors (Lipinski definition) is 4. The van der Waals surface area contributed by atoms with Crippen LogP contribution in [-0.2, 0) is 22.2 Å². The van der Waals surface area contributed by atoms with Crippen LogP contribution >= 0.6 is 0 Å². The topological polar surface area (TPSA) is 88.3 Å². The molecule has 7 heteroatoms. The van der Waals surface area contributed by atoms with Crippen LogP contribution in [0.15, 0.2) is 59.4 Å². The Bertz CT molecular complexity index is 1060. The van der Waals surface area contributed by atoms with E-state index in [1.807, 2.05) is 12.1 Å². The summed E-state index contributed by atoms with van der Waals surface area (Å²) in [4.78, 5) is 15.0. The highest BCUT2D eigenvalue weighted by atomic mass is 32.2. The molecule has 3 aromatic rings. The molecule has 136 valence electrons. The van der Waals surface area contributed by atoms with Crippen molar-refractivity contribution in [3.63, 3.8) is 0 Å². The number of nitrogens with one attached hydrogen (secondary N) is 2. The lowest BCUT2D eigenvalue weighted by atomic mass is 10.1. The van der Waals surface area contributed by atoms with Gasteiger partial charge in [-0.2, -0.15) is 0 Å². The lowest BCUT2D eigenvalue weighted by molar-refractivity contribution is 0.415. The zero-order chi connectivity index (χ0) is 18.6. The van der Waals surface area contributed by atoms with Gasteiger partial charge in [0, 0.05) is 23.0 Å². The molecule has 1 heterocycles. The van der Waals surface area contributed by atoms with E-state index in [0.717, 1.165) is 10.9 Å². The van der Waals surface area contributed by atoms with E-state index in [4.69, 9.17) is 4.74 Å². The molecule has 2 aromatic carbocycles. The summed E-state index contributed by atoms with van der Waals surface area (Å²) in [7, 11) is -1.87. The molecule has 0 atom stereocenters. The molecule has 0 aliphatic rings. The summed E-state index contributed by atoms with van der Waals surface area (Å²) in [6.07, 6.45) is 0.302. The summed E-state index contributed by atoms with van der Waals surface area (Å²) in [6.45, 7) is 0.160. The lowest BCUT2D eigenvalue weighted by Crippen LogP contribution is -2.28. The van der Waals surface area contributed by atoms with E-state index in [-0.39, 0.29) is 17.9 Å². The van der Waals surface area contributed by atoms with Crippen LogP contribution in [0.25, 0.3) is 10.9 Å². The van der Waals surface area contributed by atoms with Crippen LogP contribution in [0.2, 0.25) is 0 Å². The van der Waals surface area contributed by atoms with Gasteiger partial charge in [-0.25, -0.2) is 13.1 Å². The van der Waals surface area contributed by atoms with Gasteiger partial charge in [0.1, 0.15) is 5.75 Å². The molecule has 26 heavy (non-hydrogen) atoms. The van der Waals surface area contributed by atoms with E-state index < -0.39 is 10.0 Å². The number of hydrogen-bond donors (Lipinski definition) is 2. The third kappa shape index (κ3) is 4.50. The van der Waals surface area contributed by atoms with Crippen molar-refractivity contribution in [3.05, 3.63) is 76.1 Å².